The Morgan fingerprint density at radius 3 is 2.77 bits per heavy atom. The van der Waals surface area contributed by atoms with Gasteiger partial charge in [-0.25, -0.2) is 0 Å². The Morgan fingerprint density at radius 2 is 2.23 bits per heavy atom. The van der Waals surface area contributed by atoms with Gasteiger partial charge in [-0.2, -0.15) is 8.42 Å². The second kappa shape index (κ2) is 3.85. The molecule has 0 saturated heterocycles. The average molecular weight is 201 g/mol. The number of aromatic nitrogens is 1. The summed E-state index contributed by atoms with van der Waals surface area (Å²) in [5.74, 6) is -0.170. The predicted molar refractivity (Wildman–Crippen MR) is 48.6 cm³/mol. The molecule has 72 valence electrons. The number of hydrogen-bond acceptors (Lipinski definition) is 4. The van der Waals surface area contributed by atoms with Crippen LogP contribution in [0.25, 0.3) is 0 Å². The zero-order valence-electron chi connectivity index (χ0n) is 7.52. The van der Waals surface area contributed by atoms with Crippen molar-refractivity contribution in [1.29, 1.82) is 0 Å². The van der Waals surface area contributed by atoms with Gasteiger partial charge in [0.25, 0.3) is 10.1 Å². The normalized spacial score (nSPS) is 11.5. The highest BCUT2D eigenvalue weighted by molar-refractivity contribution is 7.85. The van der Waals surface area contributed by atoms with Gasteiger partial charge in [-0.3, -0.25) is 9.17 Å². The Hall–Kier alpha value is -0.940. The molecule has 13 heavy (non-hydrogen) atoms. The van der Waals surface area contributed by atoms with Crippen molar-refractivity contribution >= 4 is 10.1 Å². The van der Waals surface area contributed by atoms with Crippen LogP contribution in [0.2, 0.25) is 0 Å². The van der Waals surface area contributed by atoms with Crippen molar-refractivity contribution < 1.29 is 12.6 Å². The number of aryl methyl sites for hydroxylation is 1. The maximum Gasteiger partial charge on any atom is 0.272 e. The Kier molecular flexibility index (Phi) is 3.00. The molecule has 0 aliphatic rings. The first kappa shape index (κ1) is 10.1. The van der Waals surface area contributed by atoms with Crippen molar-refractivity contribution in [2.75, 3.05) is 7.11 Å². The summed E-state index contributed by atoms with van der Waals surface area (Å²) in [4.78, 5) is 3.95. The second-order valence-corrected chi connectivity index (χ2v) is 4.37. The van der Waals surface area contributed by atoms with E-state index >= 15 is 0 Å². The Morgan fingerprint density at radius 1 is 1.54 bits per heavy atom. The van der Waals surface area contributed by atoms with Crippen LogP contribution in [-0.4, -0.2) is 20.5 Å². The van der Waals surface area contributed by atoms with E-state index in [9.17, 15) is 8.42 Å². The van der Waals surface area contributed by atoms with Crippen LogP contribution >= 0.6 is 0 Å². The summed E-state index contributed by atoms with van der Waals surface area (Å²) < 4.78 is 26.4. The van der Waals surface area contributed by atoms with Gasteiger partial charge < -0.3 is 0 Å². The van der Waals surface area contributed by atoms with E-state index in [-0.39, 0.29) is 5.75 Å². The maximum absolute atomic E-state index is 11.1. The number of rotatable bonds is 3. The Balaban J connectivity index is 2.93. The molecule has 0 fully saturated rings. The fourth-order valence-electron chi connectivity index (χ4n) is 0.896. The lowest BCUT2D eigenvalue weighted by Crippen LogP contribution is -2.08. The molecule has 0 radical (unpaired) electrons. The van der Waals surface area contributed by atoms with E-state index in [2.05, 4.69) is 9.17 Å². The summed E-state index contributed by atoms with van der Waals surface area (Å²) in [5.41, 5.74) is 1.38. The van der Waals surface area contributed by atoms with Gasteiger partial charge >= 0.3 is 0 Å². The molecule has 0 unspecified atom stereocenters. The highest BCUT2D eigenvalue weighted by Gasteiger charge is 2.12. The fraction of sp³-hybridized carbons (Fsp3) is 0.375. The van der Waals surface area contributed by atoms with Crippen LogP contribution in [0.15, 0.2) is 18.3 Å². The van der Waals surface area contributed by atoms with Crippen molar-refractivity contribution in [1.82, 2.24) is 4.98 Å². The highest BCUT2D eigenvalue weighted by Crippen LogP contribution is 2.08. The zero-order valence-corrected chi connectivity index (χ0v) is 8.34. The Bertz CT molecular complexity index is 386. The number of hydrogen-bond donors (Lipinski definition) is 0. The van der Waals surface area contributed by atoms with Gasteiger partial charge in [-0.1, -0.05) is 6.07 Å². The van der Waals surface area contributed by atoms with Crippen molar-refractivity contribution in [3.05, 3.63) is 29.6 Å². The van der Waals surface area contributed by atoms with Gasteiger partial charge in [0.15, 0.2) is 0 Å². The molecule has 0 aliphatic carbocycles. The quantitative estimate of drug-likeness (QED) is 0.681. The lowest BCUT2D eigenvalue weighted by Gasteiger charge is -2.03. The summed E-state index contributed by atoms with van der Waals surface area (Å²) >= 11 is 0. The van der Waals surface area contributed by atoms with Crippen molar-refractivity contribution in [3.63, 3.8) is 0 Å². The van der Waals surface area contributed by atoms with Crippen LogP contribution in [0.5, 0.6) is 0 Å². The first-order valence-corrected chi connectivity index (χ1v) is 5.31. The van der Waals surface area contributed by atoms with Crippen LogP contribution in [0.4, 0.5) is 0 Å². The molecular weight excluding hydrogens is 190 g/mol. The Labute approximate surface area is 77.7 Å². The molecule has 0 atom stereocenters. The van der Waals surface area contributed by atoms with Crippen LogP contribution in [-0.2, 0) is 20.1 Å². The number of pyridine rings is 1. The predicted octanol–water partition coefficient (Wildman–Crippen LogP) is 0.866. The van der Waals surface area contributed by atoms with Gasteiger partial charge in [-0.05, 0) is 18.6 Å². The number of nitrogens with zero attached hydrogens (tertiary/aromatic N) is 1. The van der Waals surface area contributed by atoms with Gasteiger partial charge in [0.1, 0.15) is 5.75 Å². The molecule has 0 aromatic carbocycles. The van der Waals surface area contributed by atoms with Crippen molar-refractivity contribution in [2.45, 2.75) is 12.7 Å². The van der Waals surface area contributed by atoms with Crippen molar-refractivity contribution in [3.8, 4) is 0 Å². The van der Waals surface area contributed by atoms with Crippen LogP contribution in [0.1, 0.15) is 11.3 Å². The van der Waals surface area contributed by atoms with Gasteiger partial charge in [0, 0.05) is 6.20 Å². The minimum Gasteiger partial charge on any atom is -0.273 e. The summed E-state index contributed by atoms with van der Waals surface area (Å²) in [5, 5.41) is 0. The van der Waals surface area contributed by atoms with E-state index in [1.165, 1.54) is 0 Å². The highest BCUT2D eigenvalue weighted by atomic mass is 32.2. The molecule has 1 rings (SSSR count). The zero-order chi connectivity index (χ0) is 9.90. The molecule has 1 heterocycles. The summed E-state index contributed by atoms with van der Waals surface area (Å²) in [7, 11) is -2.31. The van der Waals surface area contributed by atoms with Crippen molar-refractivity contribution in [2.24, 2.45) is 0 Å². The molecule has 0 aliphatic heterocycles. The molecule has 0 amide bonds. The van der Waals surface area contributed by atoms with E-state index in [1.807, 2.05) is 13.0 Å². The first-order valence-electron chi connectivity index (χ1n) is 3.74. The first-order chi connectivity index (χ1) is 6.05. The lowest BCUT2D eigenvalue weighted by molar-refractivity contribution is 0.396. The smallest absolute Gasteiger partial charge is 0.272 e. The van der Waals surface area contributed by atoms with E-state index in [0.717, 1.165) is 12.7 Å². The van der Waals surface area contributed by atoms with Crippen LogP contribution in [0.3, 0.4) is 0 Å². The SMILES string of the molecule is COS(=O)(=O)Cc1ncccc1C. The largest absolute Gasteiger partial charge is 0.273 e. The third kappa shape index (κ3) is 2.78. The van der Waals surface area contributed by atoms with E-state index in [0.29, 0.717) is 5.69 Å². The standard InChI is InChI=1S/C8H11NO3S/c1-7-4-3-5-9-8(7)6-13(10,11)12-2/h3-5H,6H2,1-2H3. The van der Waals surface area contributed by atoms with Crippen LogP contribution in [0, 0.1) is 6.92 Å². The molecule has 0 bridgehead atoms. The second-order valence-electron chi connectivity index (χ2n) is 2.64. The molecule has 0 saturated carbocycles. The average Bonchev–Trinajstić information content (AvgIpc) is 2.09. The van der Waals surface area contributed by atoms with Gasteiger partial charge in [-0.15, -0.1) is 0 Å². The van der Waals surface area contributed by atoms with Gasteiger partial charge in [0.05, 0.1) is 12.8 Å². The molecule has 1 aromatic heterocycles. The summed E-state index contributed by atoms with van der Waals surface area (Å²) in [6.07, 6.45) is 1.56. The lowest BCUT2D eigenvalue weighted by atomic mass is 10.2. The topological polar surface area (TPSA) is 56.3 Å². The van der Waals surface area contributed by atoms with Gasteiger partial charge in [0.2, 0.25) is 0 Å². The third-order valence-electron chi connectivity index (χ3n) is 1.69. The van der Waals surface area contributed by atoms with Crippen LogP contribution < -0.4 is 0 Å². The summed E-state index contributed by atoms with van der Waals surface area (Å²) in [6, 6.07) is 3.58. The monoisotopic (exact) mass is 201 g/mol. The van der Waals surface area contributed by atoms with E-state index < -0.39 is 10.1 Å². The minimum atomic E-state index is -3.46. The molecule has 0 N–H and O–H groups in total. The summed E-state index contributed by atoms with van der Waals surface area (Å²) in [6.45, 7) is 1.81. The molecular formula is C8H11NO3S. The van der Waals surface area contributed by atoms with E-state index in [4.69, 9.17) is 0 Å². The van der Waals surface area contributed by atoms with E-state index in [1.54, 1.807) is 12.3 Å². The maximum atomic E-state index is 11.1. The minimum absolute atomic E-state index is 0.170. The molecule has 0 spiro atoms. The molecule has 4 nitrogen and oxygen atoms in total. The fourth-order valence-corrected chi connectivity index (χ4v) is 1.65. The molecule has 1 aromatic rings. The molecule has 5 heteroatoms. The third-order valence-corrected chi connectivity index (χ3v) is 2.82.